The van der Waals surface area contributed by atoms with E-state index in [4.69, 9.17) is 0 Å². The third kappa shape index (κ3) is 14.2. The molecule has 19 heavy (non-hydrogen) atoms. The molecule has 0 aliphatic rings. The maximum Gasteiger partial charge on any atom is 0.0540 e. The largest absolute Gasteiger partial charge is 0.393 e. The Hall–Kier alpha value is -0.0400. The lowest BCUT2D eigenvalue weighted by Crippen LogP contribution is -2.08. The van der Waals surface area contributed by atoms with Crippen LogP contribution < -0.4 is 0 Å². The molecule has 0 aromatic heterocycles. The summed E-state index contributed by atoms with van der Waals surface area (Å²) in [6.45, 7) is 6.82. The van der Waals surface area contributed by atoms with Gasteiger partial charge in [0.25, 0.3) is 0 Å². The van der Waals surface area contributed by atoms with Crippen molar-refractivity contribution in [3.63, 3.8) is 0 Å². The van der Waals surface area contributed by atoms with Crippen LogP contribution in [-0.4, -0.2) is 11.2 Å². The lowest BCUT2D eigenvalue weighted by molar-refractivity contribution is 0.141. The van der Waals surface area contributed by atoms with E-state index in [1.807, 2.05) is 0 Å². The van der Waals surface area contributed by atoms with E-state index in [0.717, 1.165) is 18.8 Å². The predicted octanol–water partition coefficient (Wildman–Crippen LogP) is 6.09. The van der Waals surface area contributed by atoms with E-state index in [1.165, 1.54) is 70.6 Å². The van der Waals surface area contributed by atoms with Crippen molar-refractivity contribution < 1.29 is 5.11 Å². The summed E-state index contributed by atoms with van der Waals surface area (Å²) in [4.78, 5) is 0. The highest BCUT2D eigenvalue weighted by Crippen LogP contribution is 2.17. The average molecular weight is 271 g/mol. The molecule has 1 heteroatoms. The van der Waals surface area contributed by atoms with Crippen LogP contribution in [0.5, 0.6) is 0 Å². The van der Waals surface area contributed by atoms with E-state index in [-0.39, 0.29) is 6.10 Å². The fourth-order valence-corrected chi connectivity index (χ4v) is 2.77. The molecule has 0 aromatic rings. The second-order valence-corrected chi connectivity index (χ2v) is 6.39. The highest BCUT2D eigenvalue weighted by atomic mass is 16.3. The Labute approximate surface area is 122 Å². The molecule has 0 aliphatic heterocycles. The van der Waals surface area contributed by atoms with Crippen LogP contribution in [0.15, 0.2) is 0 Å². The second kappa shape index (κ2) is 14.4. The number of aliphatic hydroxyl groups excluding tert-OH is 1. The van der Waals surface area contributed by atoms with Crippen molar-refractivity contribution in [1.29, 1.82) is 0 Å². The molecule has 0 amide bonds. The van der Waals surface area contributed by atoms with Gasteiger partial charge in [-0.25, -0.2) is 0 Å². The topological polar surface area (TPSA) is 20.2 Å². The van der Waals surface area contributed by atoms with Gasteiger partial charge in [-0.1, -0.05) is 85.0 Å². The van der Waals surface area contributed by atoms with Gasteiger partial charge >= 0.3 is 0 Å². The van der Waals surface area contributed by atoms with Crippen molar-refractivity contribution >= 4 is 0 Å². The lowest BCUT2D eigenvalue weighted by Gasteiger charge is -2.14. The molecule has 2 unspecified atom stereocenters. The van der Waals surface area contributed by atoms with Gasteiger partial charge in [-0.3, -0.25) is 0 Å². The Kier molecular flexibility index (Phi) is 14.3. The molecular weight excluding hydrogens is 232 g/mol. The fourth-order valence-electron chi connectivity index (χ4n) is 2.77. The minimum Gasteiger partial charge on any atom is -0.393 e. The molecule has 1 N–H and O–H groups in total. The third-order valence-corrected chi connectivity index (χ3v) is 4.17. The fraction of sp³-hybridized carbons (Fsp3) is 1.00. The first-order chi connectivity index (χ1) is 9.20. The van der Waals surface area contributed by atoms with Crippen LogP contribution in [0.3, 0.4) is 0 Å². The van der Waals surface area contributed by atoms with E-state index < -0.39 is 0 Å². The highest BCUT2D eigenvalue weighted by molar-refractivity contribution is 4.60. The van der Waals surface area contributed by atoms with Crippen molar-refractivity contribution in [1.82, 2.24) is 0 Å². The lowest BCUT2D eigenvalue weighted by atomic mass is 9.96. The van der Waals surface area contributed by atoms with E-state index in [0.29, 0.717) is 0 Å². The summed E-state index contributed by atoms with van der Waals surface area (Å²) in [6, 6.07) is 0. The molecule has 0 bridgehead atoms. The molecular formula is C18H38O. The summed E-state index contributed by atoms with van der Waals surface area (Å²) >= 11 is 0. The van der Waals surface area contributed by atoms with E-state index >= 15 is 0 Å². The third-order valence-electron chi connectivity index (χ3n) is 4.17. The van der Waals surface area contributed by atoms with E-state index in [1.54, 1.807) is 0 Å². The summed E-state index contributed by atoms with van der Waals surface area (Å²) in [5, 5.41) is 9.94. The second-order valence-electron chi connectivity index (χ2n) is 6.39. The normalized spacial score (nSPS) is 14.5. The molecule has 2 atom stereocenters. The van der Waals surface area contributed by atoms with Gasteiger partial charge in [-0.2, -0.15) is 0 Å². The van der Waals surface area contributed by atoms with Gasteiger partial charge in [-0.05, 0) is 25.2 Å². The first-order valence-electron chi connectivity index (χ1n) is 8.88. The Morgan fingerprint density at radius 1 is 0.632 bits per heavy atom. The Balaban J connectivity index is 3.22. The van der Waals surface area contributed by atoms with Crippen LogP contribution in [0.25, 0.3) is 0 Å². The quantitative estimate of drug-likeness (QED) is 0.378. The van der Waals surface area contributed by atoms with Gasteiger partial charge in [0.2, 0.25) is 0 Å². The van der Waals surface area contributed by atoms with Crippen molar-refractivity contribution in [2.24, 2.45) is 5.92 Å². The molecule has 0 spiro atoms. The Morgan fingerprint density at radius 2 is 1.21 bits per heavy atom. The first kappa shape index (κ1) is 19.0. The molecule has 0 aliphatic carbocycles. The zero-order valence-electron chi connectivity index (χ0n) is 13.8. The molecule has 1 nitrogen and oxygen atoms in total. The van der Waals surface area contributed by atoms with Crippen LogP contribution in [0, 0.1) is 5.92 Å². The standard InChI is InChI=1S/C18H38O/c1-4-6-7-8-9-10-11-12-14-18(19)16-15-17(3)13-5-2/h17-19H,4-16H2,1-3H3. The van der Waals surface area contributed by atoms with Crippen LogP contribution in [0.4, 0.5) is 0 Å². The zero-order valence-corrected chi connectivity index (χ0v) is 13.8. The van der Waals surface area contributed by atoms with Crippen LogP contribution >= 0.6 is 0 Å². The summed E-state index contributed by atoms with van der Waals surface area (Å²) in [7, 11) is 0. The monoisotopic (exact) mass is 270 g/mol. The SMILES string of the molecule is CCCCCCCCCCC(O)CCC(C)CCC. The molecule has 0 fully saturated rings. The van der Waals surface area contributed by atoms with Crippen molar-refractivity contribution in [3.05, 3.63) is 0 Å². The zero-order chi connectivity index (χ0) is 14.3. The number of unbranched alkanes of at least 4 members (excludes halogenated alkanes) is 7. The summed E-state index contributed by atoms with van der Waals surface area (Å²) in [5.41, 5.74) is 0. The Morgan fingerprint density at radius 3 is 1.79 bits per heavy atom. The number of aliphatic hydroxyl groups is 1. The number of hydrogen-bond acceptors (Lipinski definition) is 1. The molecule has 0 aromatic carbocycles. The van der Waals surface area contributed by atoms with Gasteiger partial charge in [0.15, 0.2) is 0 Å². The van der Waals surface area contributed by atoms with Crippen LogP contribution in [0.2, 0.25) is 0 Å². The summed E-state index contributed by atoms with van der Waals surface area (Å²) in [5.74, 6) is 0.790. The maximum atomic E-state index is 9.94. The van der Waals surface area contributed by atoms with Crippen molar-refractivity contribution in [2.75, 3.05) is 0 Å². The summed E-state index contributed by atoms with van der Waals surface area (Å²) in [6.07, 6.45) is 16.6. The summed E-state index contributed by atoms with van der Waals surface area (Å²) < 4.78 is 0. The molecule has 0 saturated carbocycles. The Bertz CT molecular complexity index is 167. The first-order valence-corrected chi connectivity index (χ1v) is 8.88. The van der Waals surface area contributed by atoms with Crippen molar-refractivity contribution in [3.8, 4) is 0 Å². The maximum absolute atomic E-state index is 9.94. The molecule has 0 heterocycles. The van der Waals surface area contributed by atoms with Crippen LogP contribution in [-0.2, 0) is 0 Å². The molecule has 116 valence electrons. The van der Waals surface area contributed by atoms with E-state index in [9.17, 15) is 5.11 Å². The van der Waals surface area contributed by atoms with Crippen molar-refractivity contribution in [2.45, 2.75) is 110 Å². The van der Waals surface area contributed by atoms with Gasteiger partial charge < -0.3 is 5.11 Å². The average Bonchev–Trinajstić information content (AvgIpc) is 2.40. The minimum absolute atomic E-state index is 0.0422. The predicted molar refractivity (Wildman–Crippen MR) is 86.5 cm³/mol. The van der Waals surface area contributed by atoms with Crippen LogP contribution in [0.1, 0.15) is 104 Å². The van der Waals surface area contributed by atoms with Gasteiger partial charge in [-0.15, -0.1) is 0 Å². The van der Waals surface area contributed by atoms with Gasteiger partial charge in [0, 0.05) is 0 Å². The van der Waals surface area contributed by atoms with Gasteiger partial charge in [0.05, 0.1) is 6.10 Å². The van der Waals surface area contributed by atoms with Gasteiger partial charge in [0.1, 0.15) is 0 Å². The molecule has 0 saturated heterocycles. The molecule has 0 radical (unpaired) electrons. The molecule has 0 rings (SSSR count). The number of hydrogen-bond donors (Lipinski definition) is 1. The number of rotatable bonds is 14. The highest BCUT2D eigenvalue weighted by Gasteiger charge is 2.07. The minimum atomic E-state index is -0.0422. The smallest absolute Gasteiger partial charge is 0.0540 e. The van der Waals surface area contributed by atoms with E-state index in [2.05, 4.69) is 20.8 Å².